The molecule has 0 bridgehead atoms. The number of nitrogens with two attached hydrogens (primary N) is 1. The molecule has 0 radical (unpaired) electrons. The molecule has 2 rings (SSSR count). The number of hydrogen-bond acceptors (Lipinski definition) is 4. The second kappa shape index (κ2) is 6.92. The highest BCUT2D eigenvalue weighted by Crippen LogP contribution is 2.18. The summed E-state index contributed by atoms with van der Waals surface area (Å²) < 4.78 is 5.64. The van der Waals surface area contributed by atoms with Gasteiger partial charge in [0.2, 0.25) is 5.91 Å². The highest BCUT2D eigenvalue weighted by Gasteiger charge is 2.26. The Bertz CT molecular complexity index is 510. The summed E-state index contributed by atoms with van der Waals surface area (Å²) in [4.78, 5) is 13.5. The largest absolute Gasteiger partial charge is 0.491 e. The van der Waals surface area contributed by atoms with Gasteiger partial charge in [-0.25, -0.2) is 0 Å². The van der Waals surface area contributed by atoms with Crippen LogP contribution in [-0.4, -0.2) is 36.5 Å². The fourth-order valence-corrected chi connectivity index (χ4v) is 2.54. The molecule has 0 spiro atoms. The monoisotopic (exact) mass is 273 g/mol. The Morgan fingerprint density at radius 3 is 3.00 bits per heavy atom. The van der Waals surface area contributed by atoms with Crippen LogP contribution in [0.15, 0.2) is 24.3 Å². The maximum absolute atomic E-state index is 11.4. The Balaban J connectivity index is 1.89. The summed E-state index contributed by atoms with van der Waals surface area (Å²) in [5.74, 6) is 0.324. The predicted octanol–water partition coefficient (Wildman–Crippen LogP) is 1.28. The van der Waals surface area contributed by atoms with Crippen molar-refractivity contribution in [3.05, 3.63) is 29.8 Å². The Hall–Kier alpha value is -2.06. The van der Waals surface area contributed by atoms with Crippen LogP contribution in [0, 0.1) is 11.3 Å². The minimum Gasteiger partial charge on any atom is -0.491 e. The zero-order valence-corrected chi connectivity index (χ0v) is 11.4. The van der Waals surface area contributed by atoms with Crippen LogP contribution in [0.25, 0.3) is 0 Å². The molecule has 1 saturated heterocycles. The van der Waals surface area contributed by atoms with Crippen LogP contribution < -0.4 is 10.5 Å². The van der Waals surface area contributed by atoms with E-state index in [1.54, 1.807) is 18.2 Å². The molecular weight excluding hydrogens is 254 g/mol. The van der Waals surface area contributed by atoms with E-state index < -0.39 is 0 Å². The van der Waals surface area contributed by atoms with Crippen LogP contribution in [0.3, 0.4) is 0 Å². The molecule has 1 atom stereocenters. The number of piperidine rings is 1. The van der Waals surface area contributed by atoms with Gasteiger partial charge in [0.1, 0.15) is 18.4 Å². The normalized spacial score (nSPS) is 19.2. The number of nitrogens with zero attached hydrogens (tertiary/aromatic N) is 2. The minimum atomic E-state index is -0.262. The van der Waals surface area contributed by atoms with Gasteiger partial charge in [-0.1, -0.05) is 18.6 Å². The van der Waals surface area contributed by atoms with Gasteiger partial charge < -0.3 is 10.5 Å². The number of amides is 1. The second-order valence-corrected chi connectivity index (χ2v) is 4.91. The Kier molecular flexibility index (Phi) is 4.97. The molecule has 1 aromatic carbocycles. The van der Waals surface area contributed by atoms with Crippen LogP contribution >= 0.6 is 0 Å². The van der Waals surface area contributed by atoms with E-state index in [4.69, 9.17) is 15.7 Å². The number of rotatable bonds is 5. The number of carbonyl (C=O) groups excluding carboxylic acids is 1. The molecule has 5 nitrogen and oxygen atoms in total. The molecule has 1 unspecified atom stereocenters. The van der Waals surface area contributed by atoms with Gasteiger partial charge in [0, 0.05) is 6.54 Å². The lowest BCUT2D eigenvalue weighted by Crippen LogP contribution is -2.48. The van der Waals surface area contributed by atoms with Crippen molar-refractivity contribution < 1.29 is 9.53 Å². The number of ether oxygens (including phenoxy) is 1. The third-order valence-electron chi connectivity index (χ3n) is 3.59. The molecule has 0 saturated carbocycles. The first kappa shape index (κ1) is 14.4. The molecule has 1 heterocycles. The molecule has 1 aromatic rings. The Morgan fingerprint density at radius 2 is 2.25 bits per heavy atom. The average Bonchev–Trinajstić information content (AvgIpc) is 2.48. The lowest BCUT2D eigenvalue weighted by Gasteiger charge is -2.33. The van der Waals surface area contributed by atoms with Gasteiger partial charge in [0.25, 0.3) is 0 Å². The van der Waals surface area contributed by atoms with E-state index in [2.05, 4.69) is 11.0 Å². The van der Waals surface area contributed by atoms with Gasteiger partial charge in [-0.15, -0.1) is 0 Å². The molecule has 20 heavy (non-hydrogen) atoms. The molecule has 1 aliphatic rings. The fraction of sp³-hybridized carbons (Fsp3) is 0.467. The van der Waals surface area contributed by atoms with Crippen molar-refractivity contribution in [2.24, 2.45) is 5.73 Å². The summed E-state index contributed by atoms with van der Waals surface area (Å²) >= 11 is 0. The summed E-state index contributed by atoms with van der Waals surface area (Å²) in [6.07, 6.45) is 2.95. The first-order chi connectivity index (χ1) is 9.72. The van der Waals surface area contributed by atoms with Crippen LogP contribution in [0.2, 0.25) is 0 Å². The lowest BCUT2D eigenvalue weighted by atomic mass is 10.0. The summed E-state index contributed by atoms with van der Waals surface area (Å²) in [5, 5.41) is 8.98. The highest BCUT2D eigenvalue weighted by molar-refractivity contribution is 5.79. The third-order valence-corrected chi connectivity index (χ3v) is 3.59. The van der Waals surface area contributed by atoms with Crippen molar-refractivity contribution in [3.8, 4) is 11.8 Å². The van der Waals surface area contributed by atoms with E-state index in [0.29, 0.717) is 24.5 Å². The molecule has 106 valence electrons. The van der Waals surface area contributed by atoms with Crippen molar-refractivity contribution in [1.82, 2.24) is 4.90 Å². The van der Waals surface area contributed by atoms with Crippen LogP contribution in [0.4, 0.5) is 0 Å². The van der Waals surface area contributed by atoms with E-state index in [-0.39, 0.29) is 11.9 Å². The maximum atomic E-state index is 11.4. The summed E-state index contributed by atoms with van der Waals surface area (Å²) in [6, 6.07) is 9.06. The highest BCUT2D eigenvalue weighted by atomic mass is 16.5. The van der Waals surface area contributed by atoms with Crippen LogP contribution in [0.5, 0.6) is 5.75 Å². The molecule has 1 amide bonds. The SMILES string of the molecule is N#Cc1ccccc1OCCN1CCCCC1C(N)=O. The zero-order valence-electron chi connectivity index (χ0n) is 11.4. The van der Waals surface area contributed by atoms with E-state index in [1.807, 2.05) is 6.07 Å². The maximum Gasteiger partial charge on any atom is 0.234 e. The molecule has 0 aliphatic carbocycles. The zero-order chi connectivity index (χ0) is 14.4. The topological polar surface area (TPSA) is 79.3 Å². The molecule has 0 aromatic heterocycles. The van der Waals surface area contributed by atoms with E-state index in [9.17, 15) is 4.79 Å². The quantitative estimate of drug-likeness (QED) is 0.876. The lowest BCUT2D eigenvalue weighted by molar-refractivity contribution is -0.124. The summed E-state index contributed by atoms with van der Waals surface area (Å²) in [7, 11) is 0. The Labute approximate surface area is 118 Å². The number of benzene rings is 1. The Morgan fingerprint density at radius 1 is 1.45 bits per heavy atom. The number of hydrogen-bond donors (Lipinski definition) is 1. The van der Waals surface area contributed by atoms with Gasteiger partial charge in [-0.05, 0) is 31.5 Å². The van der Waals surface area contributed by atoms with Crippen molar-refractivity contribution in [2.45, 2.75) is 25.3 Å². The van der Waals surface area contributed by atoms with Gasteiger partial charge >= 0.3 is 0 Å². The number of nitriles is 1. The molecule has 1 aliphatic heterocycles. The van der Waals surface area contributed by atoms with Gasteiger partial charge in [-0.2, -0.15) is 5.26 Å². The van der Waals surface area contributed by atoms with E-state index in [0.717, 1.165) is 25.8 Å². The average molecular weight is 273 g/mol. The van der Waals surface area contributed by atoms with E-state index >= 15 is 0 Å². The van der Waals surface area contributed by atoms with Crippen molar-refractivity contribution in [1.29, 1.82) is 5.26 Å². The van der Waals surface area contributed by atoms with Gasteiger partial charge in [0.15, 0.2) is 0 Å². The summed E-state index contributed by atoms with van der Waals surface area (Å²) in [6.45, 7) is 1.96. The molecule has 5 heteroatoms. The van der Waals surface area contributed by atoms with Crippen molar-refractivity contribution in [3.63, 3.8) is 0 Å². The molecule has 2 N–H and O–H groups in total. The predicted molar refractivity (Wildman–Crippen MR) is 75.1 cm³/mol. The van der Waals surface area contributed by atoms with Crippen LogP contribution in [0.1, 0.15) is 24.8 Å². The third kappa shape index (κ3) is 3.49. The van der Waals surface area contributed by atoms with Gasteiger partial charge in [0.05, 0.1) is 11.6 Å². The molecule has 1 fully saturated rings. The number of carbonyl (C=O) groups is 1. The first-order valence-corrected chi connectivity index (χ1v) is 6.87. The van der Waals surface area contributed by atoms with Crippen molar-refractivity contribution >= 4 is 5.91 Å². The second-order valence-electron chi connectivity index (χ2n) is 4.91. The smallest absolute Gasteiger partial charge is 0.234 e. The number of primary amides is 1. The van der Waals surface area contributed by atoms with E-state index in [1.165, 1.54) is 0 Å². The number of likely N-dealkylation sites (tertiary alicyclic amines) is 1. The fourth-order valence-electron chi connectivity index (χ4n) is 2.54. The number of para-hydroxylation sites is 1. The van der Waals surface area contributed by atoms with Crippen LogP contribution in [-0.2, 0) is 4.79 Å². The minimum absolute atomic E-state index is 0.182. The van der Waals surface area contributed by atoms with Gasteiger partial charge in [-0.3, -0.25) is 9.69 Å². The summed E-state index contributed by atoms with van der Waals surface area (Å²) in [5.41, 5.74) is 5.95. The first-order valence-electron chi connectivity index (χ1n) is 6.87. The standard InChI is InChI=1S/C15H19N3O2/c16-11-12-5-1-2-7-14(12)20-10-9-18-8-4-3-6-13(18)15(17)19/h1-2,5,7,13H,3-4,6,8-10H2,(H2,17,19). The molecular formula is C15H19N3O2. The van der Waals surface area contributed by atoms with Crippen molar-refractivity contribution in [2.75, 3.05) is 19.7 Å².